The third-order valence-electron chi connectivity index (χ3n) is 5.75. The first kappa shape index (κ1) is 19.4. The van der Waals surface area contributed by atoms with E-state index in [1.54, 1.807) is 28.6 Å². The van der Waals surface area contributed by atoms with E-state index in [1.165, 1.54) is 6.42 Å². The van der Waals surface area contributed by atoms with E-state index in [1.807, 2.05) is 6.92 Å². The van der Waals surface area contributed by atoms with Crippen LogP contribution >= 0.6 is 0 Å². The predicted octanol–water partition coefficient (Wildman–Crippen LogP) is 4.16. The van der Waals surface area contributed by atoms with Crippen LogP contribution in [0.5, 0.6) is 0 Å². The highest BCUT2D eigenvalue weighted by Crippen LogP contribution is 2.28. The van der Waals surface area contributed by atoms with Gasteiger partial charge in [-0.3, -0.25) is 4.79 Å². The van der Waals surface area contributed by atoms with Crippen LogP contribution in [0.25, 0.3) is 0 Å². The molecule has 1 aromatic carbocycles. The van der Waals surface area contributed by atoms with Gasteiger partial charge in [0.25, 0.3) is 0 Å². The summed E-state index contributed by atoms with van der Waals surface area (Å²) in [7, 11) is -3.47. The monoisotopic (exact) mass is 378 g/mol. The van der Waals surface area contributed by atoms with E-state index < -0.39 is 10.0 Å². The van der Waals surface area contributed by atoms with Crippen molar-refractivity contribution >= 4 is 21.6 Å². The zero-order chi connectivity index (χ0) is 18.6. The van der Waals surface area contributed by atoms with Gasteiger partial charge in [0, 0.05) is 24.2 Å². The minimum Gasteiger partial charge on any atom is -0.326 e. The minimum absolute atomic E-state index is 0.0578. The molecule has 1 saturated heterocycles. The molecule has 1 saturated carbocycles. The molecule has 1 heterocycles. The van der Waals surface area contributed by atoms with E-state index in [0.29, 0.717) is 17.1 Å². The van der Waals surface area contributed by atoms with Crippen LogP contribution in [0.15, 0.2) is 29.2 Å². The number of amides is 1. The molecular formula is C20H30N2O3S. The number of carbonyl (C=O) groups is 1. The van der Waals surface area contributed by atoms with E-state index in [0.717, 1.165) is 51.4 Å². The van der Waals surface area contributed by atoms with Crippen molar-refractivity contribution in [2.45, 2.75) is 75.6 Å². The highest BCUT2D eigenvalue weighted by molar-refractivity contribution is 7.89. The molecule has 1 aliphatic carbocycles. The fourth-order valence-corrected chi connectivity index (χ4v) is 5.92. The molecule has 2 aliphatic rings. The SMILES string of the molecule is CCC1CCCCN1S(=O)(=O)c1ccc(NC(=O)C2CCCCC2)cc1. The first-order valence-electron chi connectivity index (χ1n) is 9.95. The van der Waals surface area contributed by atoms with Crippen molar-refractivity contribution in [1.82, 2.24) is 4.31 Å². The maximum absolute atomic E-state index is 13.0. The second kappa shape index (κ2) is 8.53. The maximum atomic E-state index is 13.0. The van der Waals surface area contributed by atoms with Gasteiger partial charge in [-0.25, -0.2) is 8.42 Å². The molecule has 6 heteroatoms. The van der Waals surface area contributed by atoms with Crippen molar-refractivity contribution in [2.24, 2.45) is 5.92 Å². The summed E-state index contributed by atoms with van der Waals surface area (Å²) >= 11 is 0. The highest BCUT2D eigenvalue weighted by Gasteiger charge is 2.32. The normalized spacial score (nSPS) is 22.9. The molecule has 1 N–H and O–H groups in total. The van der Waals surface area contributed by atoms with E-state index in [9.17, 15) is 13.2 Å². The highest BCUT2D eigenvalue weighted by atomic mass is 32.2. The summed E-state index contributed by atoms with van der Waals surface area (Å²) in [5.41, 5.74) is 0.671. The van der Waals surface area contributed by atoms with Crippen LogP contribution in [-0.4, -0.2) is 31.2 Å². The van der Waals surface area contributed by atoms with E-state index in [-0.39, 0.29) is 17.9 Å². The minimum atomic E-state index is -3.47. The van der Waals surface area contributed by atoms with Crippen LogP contribution in [0.3, 0.4) is 0 Å². The zero-order valence-corrected chi connectivity index (χ0v) is 16.4. The summed E-state index contributed by atoms with van der Waals surface area (Å²) in [6.45, 7) is 2.64. The number of sulfonamides is 1. The molecule has 1 aliphatic heterocycles. The van der Waals surface area contributed by atoms with E-state index >= 15 is 0 Å². The fourth-order valence-electron chi connectivity index (χ4n) is 4.15. The maximum Gasteiger partial charge on any atom is 0.243 e. The molecule has 144 valence electrons. The topological polar surface area (TPSA) is 66.5 Å². The second-order valence-electron chi connectivity index (χ2n) is 7.52. The molecule has 0 radical (unpaired) electrons. The van der Waals surface area contributed by atoms with Gasteiger partial charge < -0.3 is 5.32 Å². The molecule has 1 amide bonds. The van der Waals surface area contributed by atoms with Gasteiger partial charge in [0.1, 0.15) is 0 Å². The Hall–Kier alpha value is -1.40. The predicted molar refractivity (Wildman–Crippen MR) is 103 cm³/mol. The third-order valence-corrected chi connectivity index (χ3v) is 7.71. The number of anilines is 1. The number of rotatable bonds is 5. The Labute approximate surface area is 157 Å². The van der Waals surface area contributed by atoms with Gasteiger partial charge in [0.15, 0.2) is 0 Å². The molecule has 26 heavy (non-hydrogen) atoms. The van der Waals surface area contributed by atoms with Gasteiger partial charge in [-0.15, -0.1) is 0 Å². The molecule has 2 fully saturated rings. The summed E-state index contributed by atoms with van der Waals surface area (Å²) in [6.07, 6.45) is 9.14. The van der Waals surface area contributed by atoms with E-state index in [2.05, 4.69) is 5.32 Å². The quantitative estimate of drug-likeness (QED) is 0.837. The van der Waals surface area contributed by atoms with Gasteiger partial charge in [-0.2, -0.15) is 4.31 Å². The van der Waals surface area contributed by atoms with Crippen LogP contribution in [-0.2, 0) is 14.8 Å². The summed E-state index contributed by atoms with van der Waals surface area (Å²) in [5.74, 6) is 0.146. The molecule has 0 spiro atoms. The average molecular weight is 379 g/mol. The number of carbonyl (C=O) groups excluding carboxylic acids is 1. The molecule has 1 atom stereocenters. The second-order valence-corrected chi connectivity index (χ2v) is 9.41. The Morgan fingerprint density at radius 1 is 1.04 bits per heavy atom. The lowest BCUT2D eigenvalue weighted by Crippen LogP contribution is -2.43. The van der Waals surface area contributed by atoms with Crippen molar-refractivity contribution in [2.75, 3.05) is 11.9 Å². The average Bonchev–Trinajstić information content (AvgIpc) is 2.69. The van der Waals surface area contributed by atoms with Gasteiger partial charge >= 0.3 is 0 Å². The number of nitrogens with one attached hydrogen (secondary N) is 1. The Kier molecular flexibility index (Phi) is 6.35. The molecule has 5 nitrogen and oxygen atoms in total. The van der Waals surface area contributed by atoms with Crippen LogP contribution in [0.2, 0.25) is 0 Å². The molecule has 3 rings (SSSR count). The van der Waals surface area contributed by atoms with Gasteiger partial charge in [-0.05, 0) is 56.4 Å². The summed E-state index contributed by atoms with van der Waals surface area (Å²) in [6, 6.07) is 6.75. The smallest absolute Gasteiger partial charge is 0.243 e. The Morgan fingerprint density at radius 3 is 2.35 bits per heavy atom. The van der Waals surface area contributed by atoms with Crippen LogP contribution in [0.1, 0.15) is 64.7 Å². The first-order valence-corrected chi connectivity index (χ1v) is 11.4. The van der Waals surface area contributed by atoms with Crippen molar-refractivity contribution in [3.8, 4) is 0 Å². The van der Waals surface area contributed by atoms with Crippen LogP contribution in [0, 0.1) is 5.92 Å². The number of hydrogen-bond acceptors (Lipinski definition) is 3. The van der Waals surface area contributed by atoms with Crippen LogP contribution in [0.4, 0.5) is 5.69 Å². The lowest BCUT2D eigenvalue weighted by molar-refractivity contribution is -0.120. The summed E-state index contributed by atoms with van der Waals surface area (Å²) in [5, 5.41) is 2.94. The van der Waals surface area contributed by atoms with Gasteiger partial charge in [0.2, 0.25) is 15.9 Å². The Bertz CT molecular complexity index is 709. The Balaban J connectivity index is 1.69. The lowest BCUT2D eigenvalue weighted by atomic mass is 9.88. The molecule has 1 unspecified atom stereocenters. The summed E-state index contributed by atoms with van der Waals surface area (Å²) in [4.78, 5) is 12.7. The van der Waals surface area contributed by atoms with Crippen molar-refractivity contribution in [3.63, 3.8) is 0 Å². The first-order chi connectivity index (χ1) is 12.5. The van der Waals surface area contributed by atoms with Crippen molar-refractivity contribution < 1.29 is 13.2 Å². The van der Waals surface area contributed by atoms with Gasteiger partial charge in [-0.1, -0.05) is 32.6 Å². The number of piperidine rings is 1. The van der Waals surface area contributed by atoms with Crippen molar-refractivity contribution in [1.29, 1.82) is 0 Å². The molecular weight excluding hydrogens is 348 g/mol. The van der Waals surface area contributed by atoms with Gasteiger partial charge in [0.05, 0.1) is 4.90 Å². The van der Waals surface area contributed by atoms with Crippen LogP contribution < -0.4 is 5.32 Å². The number of nitrogens with zero attached hydrogens (tertiary/aromatic N) is 1. The number of benzene rings is 1. The standard InChI is InChI=1S/C20H30N2O3S/c1-2-18-10-6-7-15-22(18)26(24,25)19-13-11-17(12-14-19)21-20(23)16-8-4-3-5-9-16/h11-14,16,18H,2-10,15H2,1H3,(H,21,23). The Morgan fingerprint density at radius 2 is 1.69 bits per heavy atom. The van der Waals surface area contributed by atoms with Crippen molar-refractivity contribution in [3.05, 3.63) is 24.3 Å². The number of hydrogen-bond donors (Lipinski definition) is 1. The van der Waals surface area contributed by atoms with E-state index in [4.69, 9.17) is 0 Å². The molecule has 0 aromatic heterocycles. The molecule has 1 aromatic rings. The molecule has 0 bridgehead atoms. The zero-order valence-electron chi connectivity index (χ0n) is 15.6. The largest absolute Gasteiger partial charge is 0.326 e. The fraction of sp³-hybridized carbons (Fsp3) is 0.650. The lowest BCUT2D eigenvalue weighted by Gasteiger charge is -2.34. The third kappa shape index (κ3) is 4.29. The summed E-state index contributed by atoms with van der Waals surface area (Å²) < 4.78 is 27.6.